The molecule has 2 heterocycles. The number of aromatic nitrogens is 1. The van der Waals surface area contributed by atoms with Gasteiger partial charge in [-0.2, -0.15) is 0 Å². The summed E-state index contributed by atoms with van der Waals surface area (Å²) >= 11 is 7.42. The Hall–Kier alpha value is -1.62. The number of rotatable bonds is 6. The summed E-state index contributed by atoms with van der Waals surface area (Å²) in [7, 11) is 0. The number of alkyl halides is 1. The van der Waals surface area contributed by atoms with E-state index in [2.05, 4.69) is 17.1 Å². The summed E-state index contributed by atoms with van der Waals surface area (Å²) in [6.07, 6.45) is 1.65. The quantitative estimate of drug-likeness (QED) is 0.609. The summed E-state index contributed by atoms with van der Waals surface area (Å²) in [6.45, 7) is 0.985. The molecule has 5 heteroatoms. The van der Waals surface area contributed by atoms with Gasteiger partial charge in [-0.3, -0.25) is 0 Å². The molecule has 2 aromatic heterocycles. The average Bonchev–Trinajstić information content (AvgIpc) is 3.19. The number of halogens is 1. The highest BCUT2D eigenvalue weighted by atomic mass is 35.5. The summed E-state index contributed by atoms with van der Waals surface area (Å²) in [6, 6.07) is 11.9. The minimum absolute atomic E-state index is 0.438. The highest BCUT2D eigenvalue weighted by Crippen LogP contribution is 2.28. The van der Waals surface area contributed by atoms with Gasteiger partial charge in [-0.15, -0.1) is 22.9 Å². The van der Waals surface area contributed by atoms with Gasteiger partial charge < -0.3 is 9.15 Å². The summed E-state index contributed by atoms with van der Waals surface area (Å²) < 4.78 is 11.0. The summed E-state index contributed by atoms with van der Waals surface area (Å²) in [4.78, 5) is 4.53. The van der Waals surface area contributed by atoms with Crippen molar-refractivity contribution in [2.24, 2.45) is 0 Å². The fourth-order valence-electron chi connectivity index (χ4n) is 2.00. The molecule has 3 aromatic rings. The van der Waals surface area contributed by atoms with Crippen LogP contribution < -0.4 is 0 Å². The van der Waals surface area contributed by atoms with E-state index in [4.69, 9.17) is 20.8 Å². The lowest BCUT2D eigenvalue weighted by Gasteiger charge is -2.07. The van der Waals surface area contributed by atoms with Crippen LogP contribution >= 0.6 is 22.9 Å². The fourth-order valence-corrected chi connectivity index (χ4v) is 3.11. The molecule has 21 heavy (non-hydrogen) atoms. The van der Waals surface area contributed by atoms with Gasteiger partial charge in [0.05, 0.1) is 24.4 Å². The Balaban J connectivity index is 1.73. The zero-order chi connectivity index (χ0) is 14.5. The number of hydrogen-bond donors (Lipinski definition) is 0. The van der Waals surface area contributed by atoms with Crippen LogP contribution in [0.4, 0.5) is 0 Å². The van der Waals surface area contributed by atoms with Crippen molar-refractivity contribution in [2.45, 2.75) is 19.1 Å². The number of thiazole rings is 1. The minimum Gasteiger partial charge on any atom is -0.467 e. The van der Waals surface area contributed by atoms with Crippen LogP contribution in [0.15, 0.2) is 52.5 Å². The minimum atomic E-state index is 0.438. The second-order valence-corrected chi connectivity index (χ2v) is 5.63. The van der Waals surface area contributed by atoms with Crippen LogP contribution in [0, 0.1) is 0 Å². The van der Waals surface area contributed by atoms with Crippen LogP contribution in [0.5, 0.6) is 0 Å². The van der Waals surface area contributed by atoms with E-state index in [1.807, 2.05) is 29.6 Å². The van der Waals surface area contributed by atoms with Crippen molar-refractivity contribution in [2.75, 3.05) is 0 Å². The third-order valence-corrected chi connectivity index (χ3v) is 4.22. The monoisotopic (exact) mass is 319 g/mol. The summed E-state index contributed by atoms with van der Waals surface area (Å²) in [5.74, 6) is 1.26. The summed E-state index contributed by atoms with van der Waals surface area (Å²) in [5.41, 5.74) is 3.11. The molecule has 0 aliphatic heterocycles. The van der Waals surface area contributed by atoms with Crippen molar-refractivity contribution in [1.82, 2.24) is 4.98 Å². The van der Waals surface area contributed by atoms with Crippen molar-refractivity contribution in [1.29, 1.82) is 0 Å². The maximum absolute atomic E-state index is 5.82. The van der Waals surface area contributed by atoms with Gasteiger partial charge in [-0.25, -0.2) is 4.98 Å². The lowest BCUT2D eigenvalue weighted by molar-refractivity contribution is 0.0932. The van der Waals surface area contributed by atoms with Crippen LogP contribution in [-0.4, -0.2) is 4.98 Å². The van der Waals surface area contributed by atoms with E-state index in [1.54, 1.807) is 17.6 Å². The van der Waals surface area contributed by atoms with E-state index in [0.29, 0.717) is 19.1 Å². The smallest absolute Gasteiger partial charge is 0.129 e. The van der Waals surface area contributed by atoms with E-state index >= 15 is 0 Å². The van der Waals surface area contributed by atoms with Gasteiger partial charge in [0.15, 0.2) is 0 Å². The predicted octanol–water partition coefficient (Wildman–Crippen LogP) is 4.86. The predicted molar refractivity (Wildman–Crippen MR) is 84.3 cm³/mol. The number of ether oxygens (including phenoxy) is 1. The molecule has 0 aliphatic rings. The van der Waals surface area contributed by atoms with Gasteiger partial charge in [0, 0.05) is 10.9 Å². The molecule has 0 aliphatic carbocycles. The number of furan rings is 1. The molecule has 1 aromatic carbocycles. The molecule has 108 valence electrons. The number of hydrogen-bond acceptors (Lipinski definition) is 4. The number of benzene rings is 1. The lowest BCUT2D eigenvalue weighted by atomic mass is 10.1. The van der Waals surface area contributed by atoms with E-state index < -0.39 is 0 Å². The molecule has 0 fully saturated rings. The molecule has 0 saturated carbocycles. The topological polar surface area (TPSA) is 35.3 Å². The van der Waals surface area contributed by atoms with Gasteiger partial charge in [-0.1, -0.05) is 24.3 Å². The first-order chi connectivity index (χ1) is 10.4. The van der Waals surface area contributed by atoms with E-state index in [0.717, 1.165) is 27.6 Å². The van der Waals surface area contributed by atoms with Gasteiger partial charge in [0.1, 0.15) is 17.4 Å². The largest absolute Gasteiger partial charge is 0.467 e. The molecule has 0 N–H and O–H groups in total. The maximum atomic E-state index is 5.82. The van der Waals surface area contributed by atoms with E-state index in [-0.39, 0.29) is 0 Å². The second-order valence-electron chi connectivity index (χ2n) is 4.51. The van der Waals surface area contributed by atoms with Crippen LogP contribution in [0.1, 0.15) is 17.0 Å². The molecule has 3 rings (SSSR count). The lowest BCUT2D eigenvalue weighted by Crippen LogP contribution is -1.95. The van der Waals surface area contributed by atoms with Crippen molar-refractivity contribution in [3.8, 4) is 10.6 Å². The first-order valence-electron chi connectivity index (χ1n) is 6.55. The first kappa shape index (κ1) is 14.3. The zero-order valence-corrected chi connectivity index (χ0v) is 12.9. The van der Waals surface area contributed by atoms with Crippen LogP contribution in [0.2, 0.25) is 0 Å². The van der Waals surface area contributed by atoms with E-state index in [9.17, 15) is 0 Å². The van der Waals surface area contributed by atoms with Crippen molar-refractivity contribution >= 4 is 22.9 Å². The Morgan fingerprint density at radius 3 is 2.81 bits per heavy atom. The standard InChI is InChI=1S/C16H14ClNO2S/c17-8-13-11-21-16(18-13)15-6-2-1-4-12(15)9-19-10-14-5-3-7-20-14/h1-7,11H,8-10H2. The Morgan fingerprint density at radius 2 is 2.05 bits per heavy atom. The fraction of sp³-hybridized carbons (Fsp3) is 0.188. The molecule has 0 amide bonds. The highest BCUT2D eigenvalue weighted by Gasteiger charge is 2.09. The van der Waals surface area contributed by atoms with Crippen LogP contribution in [0.25, 0.3) is 10.6 Å². The van der Waals surface area contributed by atoms with Crippen molar-refractivity contribution in [3.63, 3.8) is 0 Å². The van der Waals surface area contributed by atoms with E-state index in [1.165, 1.54) is 0 Å². The molecule has 0 spiro atoms. The molecule has 0 saturated heterocycles. The summed E-state index contributed by atoms with van der Waals surface area (Å²) in [5, 5.41) is 2.96. The normalized spacial score (nSPS) is 10.9. The highest BCUT2D eigenvalue weighted by molar-refractivity contribution is 7.13. The van der Waals surface area contributed by atoms with Crippen molar-refractivity contribution < 1.29 is 9.15 Å². The Kier molecular flexibility index (Phi) is 4.70. The molecule has 0 radical (unpaired) electrons. The van der Waals surface area contributed by atoms with Crippen LogP contribution in [0.3, 0.4) is 0 Å². The third-order valence-electron chi connectivity index (χ3n) is 3.02. The molecule has 3 nitrogen and oxygen atoms in total. The molecular weight excluding hydrogens is 306 g/mol. The van der Waals surface area contributed by atoms with Gasteiger partial charge >= 0.3 is 0 Å². The molecular formula is C16H14ClNO2S. The Morgan fingerprint density at radius 1 is 1.14 bits per heavy atom. The number of nitrogens with zero attached hydrogens (tertiary/aromatic N) is 1. The maximum Gasteiger partial charge on any atom is 0.129 e. The van der Waals surface area contributed by atoms with Crippen LogP contribution in [-0.2, 0) is 23.8 Å². The average molecular weight is 320 g/mol. The van der Waals surface area contributed by atoms with Gasteiger partial charge in [0.25, 0.3) is 0 Å². The first-order valence-corrected chi connectivity index (χ1v) is 7.97. The zero-order valence-electron chi connectivity index (χ0n) is 11.3. The molecule has 0 unspecified atom stereocenters. The van der Waals surface area contributed by atoms with Gasteiger partial charge in [-0.05, 0) is 17.7 Å². The Bertz CT molecular complexity index is 694. The van der Waals surface area contributed by atoms with Crippen molar-refractivity contribution in [3.05, 3.63) is 65.1 Å². The Labute approximate surface area is 132 Å². The second kappa shape index (κ2) is 6.89. The SMILES string of the molecule is ClCc1csc(-c2ccccc2COCc2ccco2)n1. The third kappa shape index (κ3) is 3.53. The molecule has 0 bridgehead atoms. The molecule has 0 atom stereocenters. The van der Waals surface area contributed by atoms with Gasteiger partial charge in [0.2, 0.25) is 0 Å².